The van der Waals surface area contributed by atoms with Crippen molar-refractivity contribution in [1.82, 2.24) is 9.29 Å². The topological polar surface area (TPSA) is 53.5 Å². The summed E-state index contributed by atoms with van der Waals surface area (Å²) in [6.45, 7) is 11.7. The molecule has 1 aromatic rings. The molecule has 1 aliphatic heterocycles. The van der Waals surface area contributed by atoms with Crippen LogP contribution in [-0.4, -0.2) is 49.1 Å². The maximum atomic E-state index is 11.9. The number of piperazine rings is 1. The van der Waals surface area contributed by atoms with Gasteiger partial charge in [-0.05, 0) is 30.9 Å². The fourth-order valence-corrected chi connectivity index (χ4v) is 4.61. The lowest BCUT2D eigenvalue weighted by Gasteiger charge is -2.43. The highest BCUT2D eigenvalue weighted by atomic mass is 32.2. The molecule has 2 unspecified atom stereocenters. The number of anilines is 1. The van der Waals surface area contributed by atoms with Gasteiger partial charge < -0.3 is 4.90 Å². The molecule has 22 heavy (non-hydrogen) atoms. The molecule has 5 nitrogen and oxygen atoms in total. The first-order valence-electron chi connectivity index (χ1n) is 7.70. The number of hydrogen-bond acceptors (Lipinski definition) is 4. The Morgan fingerprint density at radius 2 is 1.68 bits per heavy atom. The van der Waals surface area contributed by atoms with Gasteiger partial charge in [-0.2, -0.15) is 4.31 Å². The van der Waals surface area contributed by atoms with Crippen molar-refractivity contribution < 1.29 is 8.42 Å². The number of pyridine rings is 1. The molecule has 0 bridgehead atoms. The van der Waals surface area contributed by atoms with Crippen molar-refractivity contribution in [2.45, 2.75) is 52.1 Å². The second kappa shape index (κ2) is 5.81. The first-order chi connectivity index (χ1) is 10.00. The van der Waals surface area contributed by atoms with Gasteiger partial charge in [-0.25, -0.2) is 13.4 Å². The minimum atomic E-state index is -3.17. The maximum Gasteiger partial charge on any atom is 0.211 e. The van der Waals surface area contributed by atoms with Gasteiger partial charge in [-0.3, -0.25) is 0 Å². The van der Waals surface area contributed by atoms with Gasteiger partial charge in [-0.1, -0.05) is 26.8 Å². The van der Waals surface area contributed by atoms with Crippen LogP contribution in [0.25, 0.3) is 0 Å². The van der Waals surface area contributed by atoms with Crippen molar-refractivity contribution in [2.75, 3.05) is 24.2 Å². The minimum Gasteiger partial charge on any atom is -0.353 e. The van der Waals surface area contributed by atoms with Crippen LogP contribution in [0.15, 0.2) is 18.3 Å². The van der Waals surface area contributed by atoms with E-state index in [0.29, 0.717) is 13.1 Å². The van der Waals surface area contributed by atoms with Gasteiger partial charge in [0.25, 0.3) is 0 Å². The predicted molar refractivity (Wildman–Crippen MR) is 90.8 cm³/mol. The van der Waals surface area contributed by atoms with Crippen molar-refractivity contribution in [2.24, 2.45) is 0 Å². The molecule has 124 valence electrons. The van der Waals surface area contributed by atoms with Crippen molar-refractivity contribution in [3.8, 4) is 0 Å². The molecule has 1 aliphatic rings. The van der Waals surface area contributed by atoms with E-state index in [2.05, 4.69) is 36.7 Å². The Morgan fingerprint density at radius 1 is 1.14 bits per heavy atom. The molecule has 2 heterocycles. The van der Waals surface area contributed by atoms with Gasteiger partial charge in [0.1, 0.15) is 5.82 Å². The number of hydrogen-bond donors (Lipinski definition) is 0. The van der Waals surface area contributed by atoms with Crippen LogP contribution >= 0.6 is 0 Å². The lowest BCUT2D eigenvalue weighted by molar-refractivity contribution is 0.242. The summed E-state index contributed by atoms with van der Waals surface area (Å²) in [7, 11) is -3.17. The number of nitrogens with zero attached hydrogens (tertiary/aromatic N) is 3. The Hall–Kier alpha value is -1.14. The van der Waals surface area contributed by atoms with E-state index in [-0.39, 0.29) is 17.5 Å². The zero-order valence-electron chi connectivity index (χ0n) is 14.4. The van der Waals surface area contributed by atoms with Crippen molar-refractivity contribution >= 4 is 15.8 Å². The molecule has 2 rings (SSSR count). The molecule has 0 amide bonds. The van der Waals surface area contributed by atoms with E-state index in [1.807, 2.05) is 26.1 Å². The Kier molecular flexibility index (Phi) is 4.55. The van der Waals surface area contributed by atoms with Gasteiger partial charge in [0, 0.05) is 31.4 Å². The highest BCUT2D eigenvalue weighted by Crippen LogP contribution is 2.26. The second-order valence-corrected chi connectivity index (χ2v) is 9.24. The monoisotopic (exact) mass is 325 g/mol. The van der Waals surface area contributed by atoms with Gasteiger partial charge >= 0.3 is 0 Å². The van der Waals surface area contributed by atoms with Crippen LogP contribution in [-0.2, 0) is 15.4 Å². The highest BCUT2D eigenvalue weighted by molar-refractivity contribution is 7.88. The molecule has 0 N–H and O–H groups in total. The van der Waals surface area contributed by atoms with E-state index in [4.69, 9.17) is 0 Å². The van der Waals surface area contributed by atoms with Crippen molar-refractivity contribution in [3.05, 3.63) is 23.9 Å². The molecule has 0 spiro atoms. The number of rotatable bonds is 2. The zero-order valence-corrected chi connectivity index (χ0v) is 15.2. The van der Waals surface area contributed by atoms with E-state index in [0.717, 1.165) is 5.82 Å². The summed E-state index contributed by atoms with van der Waals surface area (Å²) in [4.78, 5) is 6.75. The number of aromatic nitrogens is 1. The maximum absolute atomic E-state index is 11.9. The van der Waals surface area contributed by atoms with Crippen LogP contribution in [0.1, 0.15) is 40.2 Å². The van der Waals surface area contributed by atoms with E-state index in [1.54, 1.807) is 4.31 Å². The standard InChI is InChI=1S/C16H27N3O2S/c1-12-10-18(11-13(2)19(12)22(6,20)21)15-8-7-14(9-17-15)16(3,4)5/h7-9,12-13H,10-11H2,1-6H3. The predicted octanol–water partition coefficient (Wildman–Crippen LogP) is 2.24. The summed E-state index contributed by atoms with van der Waals surface area (Å²) < 4.78 is 25.4. The van der Waals surface area contributed by atoms with Crippen LogP contribution in [0, 0.1) is 0 Å². The van der Waals surface area contributed by atoms with E-state index in [1.165, 1.54) is 11.8 Å². The van der Waals surface area contributed by atoms with Gasteiger partial charge in [0.05, 0.1) is 6.26 Å². The van der Waals surface area contributed by atoms with Gasteiger partial charge in [0.15, 0.2) is 0 Å². The smallest absolute Gasteiger partial charge is 0.211 e. The Balaban J connectivity index is 2.19. The van der Waals surface area contributed by atoms with Gasteiger partial charge in [0.2, 0.25) is 10.0 Å². The summed E-state index contributed by atoms with van der Waals surface area (Å²) in [5.41, 5.74) is 1.29. The third kappa shape index (κ3) is 3.60. The van der Waals surface area contributed by atoms with Crippen LogP contribution in [0.4, 0.5) is 5.82 Å². The molecule has 6 heteroatoms. The molecular weight excluding hydrogens is 298 g/mol. The fraction of sp³-hybridized carbons (Fsp3) is 0.688. The van der Waals surface area contributed by atoms with Crippen LogP contribution < -0.4 is 4.90 Å². The van der Waals surface area contributed by atoms with Gasteiger partial charge in [-0.15, -0.1) is 0 Å². The Morgan fingerprint density at radius 3 is 2.05 bits per heavy atom. The second-order valence-electron chi connectivity index (χ2n) is 7.35. The molecule has 1 saturated heterocycles. The number of sulfonamides is 1. The molecular formula is C16H27N3O2S. The van der Waals surface area contributed by atoms with E-state index < -0.39 is 10.0 Å². The molecule has 1 fully saturated rings. The average Bonchev–Trinajstić information content (AvgIpc) is 2.35. The summed E-state index contributed by atoms with van der Waals surface area (Å²) in [5, 5.41) is 0. The summed E-state index contributed by atoms with van der Waals surface area (Å²) in [5.74, 6) is 0.917. The quantitative estimate of drug-likeness (QED) is 0.837. The zero-order chi connectivity index (χ0) is 16.7. The lowest BCUT2D eigenvalue weighted by atomic mass is 9.88. The average molecular weight is 325 g/mol. The Bertz CT molecular complexity index is 608. The van der Waals surface area contributed by atoms with Crippen LogP contribution in [0.2, 0.25) is 0 Å². The molecule has 0 radical (unpaired) electrons. The summed E-state index contributed by atoms with van der Waals surface area (Å²) in [6, 6.07) is 4.04. The lowest BCUT2D eigenvalue weighted by Crippen LogP contribution is -2.58. The first-order valence-corrected chi connectivity index (χ1v) is 9.55. The van der Waals surface area contributed by atoms with Crippen LogP contribution in [0.3, 0.4) is 0 Å². The summed E-state index contributed by atoms with van der Waals surface area (Å²) >= 11 is 0. The fourth-order valence-electron chi connectivity index (χ4n) is 3.17. The summed E-state index contributed by atoms with van der Waals surface area (Å²) in [6.07, 6.45) is 3.21. The molecule has 0 aromatic carbocycles. The normalized spacial score (nSPS) is 24.5. The SMILES string of the molecule is CC1CN(c2ccc(C(C)(C)C)cn2)CC(C)N1S(C)(=O)=O. The highest BCUT2D eigenvalue weighted by Gasteiger charge is 2.35. The molecule has 0 saturated carbocycles. The van der Waals surface area contributed by atoms with Crippen LogP contribution in [0.5, 0.6) is 0 Å². The van der Waals surface area contributed by atoms with E-state index >= 15 is 0 Å². The van der Waals surface area contributed by atoms with Crippen molar-refractivity contribution in [1.29, 1.82) is 0 Å². The third-order valence-electron chi connectivity index (χ3n) is 4.16. The minimum absolute atomic E-state index is 0.0529. The Labute approximate surface area is 134 Å². The van der Waals surface area contributed by atoms with E-state index in [9.17, 15) is 8.42 Å². The molecule has 0 aliphatic carbocycles. The first kappa shape index (κ1) is 17.2. The van der Waals surface area contributed by atoms with Crippen molar-refractivity contribution in [3.63, 3.8) is 0 Å². The molecule has 2 atom stereocenters. The largest absolute Gasteiger partial charge is 0.353 e. The molecule has 1 aromatic heterocycles. The third-order valence-corrected chi connectivity index (χ3v) is 5.64.